The summed E-state index contributed by atoms with van der Waals surface area (Å²) in [6.07, 6.45) is 0.712. The van der Waals surface area contributed by atoms with Gasteiger partial charge in [0.1, 0.15) is 5.82 Å². The van der Waals surface area contributed by atoms with E-state index in [1.54, 1.807) is 0 Å². The van der Waals surface area contributed by atoms with Crippen LogP contribution in [0.5, 0.6) is 0 Å². The van der Waals surface area contributed by atoms with E-state index in [1.165, 1.54) is 3.57 Å². The maximum Gasteiger partial charge on any atom is 0.111 e. The molecule has 1 unspecified atom stereocenters. The highest BCUT2D eigenvalue weighted by molar-refractivity contribution is 14.1. The van der Waals surface area contributed by atoms with Gasteiger partial charge in [-0.25, -0.2) is 4.98 Å². The summed E-state index contributed by atoms with van der Waals surface area (Å²) in [5.74, 6) is 1.01. The van der Waals surface area contributed by atoms with Crippen LogP contribution in [-0.2, 0) is 13.5 Å². The second-order valence-corrected chi connectivity index (χ2v) is 7.15. The van der Waals surface area contributed by atoms with E-state index < -0.39 is 0 Å². The second-order valence-electron chi connectivity index (χ2n) is 5.05. The van der Waals surface area contributed by atoms with Crippen LogP contribution in [-0.4, -0.2) is 9.55 Å². The number of imidazole rings is 1. The SMILES string of the molecule is Cn1c(CC(N)c2cc(I)ccc2Br)nc2ccccc21. The third kappa shape index (κ3) is 3.00. The average Bonchev–Trinajstić information content (AvgIpc) is 2.78. The molecule has 0 bridgehead atoms. The predicted molar refractivity (Wildman–Crippen MR) is 98.2 cm³/mol. The number of fused-ring (bicyclic) bond motifs is 1. The van der Waals surface area contributed by atoms with Crippen molar-refractivity contribution in [1.29, 1.82) is 0 Å². The fourth-order valence-electron chi connectivity index (χ4n) is 2.48. The van der Waals surface area contributed by atoms with Gasteiger partial charge in [0.15, 0.2) is 0 Å². The van der Waals surface area contributed by atoms with Gasteiger partial charge in [-0.3, -0.25) is 0 Å². The summed E-state index contributed by atoms with van der Waals surface area (Å²) in [6.45, 7) is 0. The minimum atomic E-state index is -0.0791. The molecule has 0 saturated carbocycles. The predicted octanol–water partition coefficient (Wildman–Crippen LogP) is 4.18. The number of aromatic nitrogens is 2. The van der Waals surface area contributed by atoms with Gasteiger partial charge in [0.25, 0.3) is 0 Å². The van der Waals surface area contributed by atoms with E-state index in [-0.39, 0.29) is 6.04 Å². The van der Waals surface area contributed by atoms with E-state index >= 15 is 0 Å². The number of halogens is 2. The Morgan fingerprint density at radius 1 is 1.29 bits per heavy atom. The van der Waals surface area contributed by atoms with Crippen LogP contribution in [0.25, 0.3) is 11.0 Å². The Bertz CT molecular complexity index is 797. The van der Waals surface area contributed by atoms with Crippen molar-refractivity contribution in [1.82, 2.24) is 9.55 Å². The first-order chi connectivity index (χ1) is 10.1. The molecule has 0 radical (unpaired) electrons. The molecule has 0 amide bonds. The molecule has 21 heavy (non-hydrogen) atoms. The number of benzene rings is 2. The Labute approximate surface area is 145 Å². The largest absolute Gasteiger partial charge is 0.331 e. The number of para-hydroxylation sites is 2. The molecule has 3 nitrogen and oxygen atoms in total. The molecule has 2 aromatic carbocycles. The molecule has 0 fully saturated rings. The highest BCUT2D eigenvalue weighted by atomic mass is 127. The molecule has 1 aromatic heterocycles. The second kappa shape index (κ2) is 6.06. The fraction of sp³-hybridized carbons (Fsp3) is 0.188. The van der Waals surface area contributed by atoms with Crippen molar-refractivity contribution in [3.05, 3.63) is 61.9 Å². The van der Waals surface area contributed by atoms with Crippen LogP contribution in [0.15, 0.2) is 46.9 Å². The number of hydrogen-bond donors (Lipinski definition) is 1. The zero-order chi connectivity index (χ0) is 15.0. The van der Waals surface area contributed by atoms with Crippen LogP contribution in [0.1, 0.15) is 17.4 Å². The maximum atomic E-state index is 6.40. The molecular formula is C16H15BrIN3. The van der Waals surface area contributed by atoms with Crippen LogP contribution in [0.4, 0.5) is 0 Å². The lowest BCUT2D eigenvalue weighted by Gasteiger charge is -2.14. The van der Waals surface area contributed by atoms with Gasteiger partial charge < -0.3 is 10.3 Å². The molecule has 108 valence electrons. The molecule has 0 spiro atoms. The van der Waals surface area contributed by atoms with Gasteiger partial charge >= 0.3 is 0 Å². The zero-order valence-corrected chi connectivity index (χ0v) is 15.3. The summed E-state index contributed by atoms with van der Waals surface area (Å²) in [7, 11) is 2.04. The molecule has 1 heterocycles. The quantitative estimate of drug-likeness (QED) is 0.602. The third-order valence-electron chi connectivity index (χ3n) is 3.64. The Kier molecular flexibility index (Phi) is 4.33. The van der Waals surface area contributed by atoms with E-state index in [9.17, 15) is 0 Å². The molecular weight excluding hydrogens is 441 g/mol. The van der Waals surface area contributed by atoms with Crippen molar-refractivity contribution < 1.29 is 0 Å². The molecule has 0 aliphatic rings. The summed E-state index contributed by atoms with van der Waals surface area (Å²) >= 11 is 5.89. The molecule has 5 heteroatoms. The minimum absolute atomic E-state index is 0.0791. The van der Waals surface area contributed by atoms with E-state index in [0.29, 0.717) is 6.42 Å². The first kappa shape index (κ1) is 15.0. The standard InChI is InChI=1S/C16H15BrIN3/c1-21-15-5-3-2-4-14(15)20-16(21)9-13(19)11-8-10(18)6-7-12(11)17/h2-8,13H,9,19H2,1H3. The van der Waals surface area contributed by atoms with Crippen LogP contribution < -0.4 is 5.73 Å². The van der Waals surface area contributed by atoms with Crippen molar-refractivity contribution in [3.63, 3.8) is 0 Å². The summed E-state index contributed by atoms with van der Waals surface area (Å²) in [5.41, 5.74) is 9.68. The first-order valence-electron chi connectivity index (χ1n) is 6.67. The lowest BCUT2D eigenvalue weighted by atomic mass is 10.0. The van der Waals surface area contributed by atoms with Crippen molar-refractivity contribution in [3.8, 4) is 0 Å². The zero-order valence-electron chi connectivity index (χ0n) is 11.6. The van der Waals surface area contributed by atoms with Crippen LogP contribution >= 0.6 is 38.5 Å². The summed E-state index contributed by atoms with van der Waals surface area (Å²) in [5, 5.41) is 0. The molecule has 3 aromatic rings. The van der Waals surface area contributed by atoms with Gasteiger partial charge in [0.2, 0.25) is 0 Å². The maximum absolute atomic E-state index is 6.40. The van der Waals surface area contributed by atoms with Gasteiger partial charge in [-0.05, 0) is 58.5 Å². The van der Waals surface area contributed by atoms with Crippen molar-refractivity contribution in [2.75, 3.05) is 0 Å². The van der Waals surface area contributed by atoms with E-state index in [2.05, 4.69) is 61.3 Å². The molecule has 0 saturated heterocycles. The average molecular weight is 456 g/mol. The van der Waals surface area contributed by atoms with Gasteiger partial charge in [-0.15, -0.1) is 0 Å². The Balaban J connectivity index is 1.94. The van der Waals surface area contributed by atoms with Crippen molar-refractivity contribution >= 4 is 49.6 Å². The Hall–Kier alpha value is -0.920. The Morgan fingerprint density at radius 3 is 2.81 bits per heavy atom. The van der Waals surface area contributed by atoms with Crippen molar-refractivity contribution in [2.45, 2.75) is 12.5 Å². The van der Waals surface area contributed by atoms with Gasteiger partial charge in [-0.1, -0.05) is 28.1 Å². The normalized spacial score (nSPS) is 12.8. The number of aryl methyl sites for hydroxylation is 1. The molecule has 2 N–H and O–H groups in total. The highest BCUT2D eigenvalue weighted by Crippen LogP contribution is 2.27. The number of nitrogens with two attached hydrogens (primary N) is 1. The highest BCUT2D eigenvalue weighted by Gasteiger charge is 2.15. The third-order valence-corrected chi connectivity index (χ3v) is 5.03. The summed E-state index contributed by atoms with van der Waals surface area (Å²) < 4.78 is 4.36. The molecule has 0 aliphatic carbocycles. The summed E-state index contributed by atoms with van der Waals surface area (Å²) in [4.78, 5) is 4.70. The van der Waals surface area contributed by atoms with Gasteiger partial charge in [-0.2, -0.15) is 0 Å². The van der Waals surface area contributed by atoms with E-state index in [4.69, 9.17) is 10.7 Å². The Morgan fingerprint density at radius 2 is 2.05 bits per heavy atom. The molecule has 0 aliphatic heterocycles. The molecule has 3 rings (SSSR count). The lowest BCUT2D eigenvalue weighted by Crippen LogP contribution is -2.16. The van der Waals surface area contributed by atoms with E-state index in [0.717, 1.165) is 26.9 Å². The number of nitrogens with zero attached hydrogens (tertiary/aromatic N) is 2. The van der Waals surface area contributed by atoms with E-state index in [1.807, 2.05) is 31.3 Å². The van der Waals surface area contributed by atoms with Crippen LogP contribution in [0.2, 0.25) is 0 Å². The lowest BCUT2D eigenvalue weighted by molar-refractivity contribution is 0.662. The first-order valence-corrected chi connectivity index (χ1v) is 8.54. The monoisotopic (exact) mass is 455 g/mol. The van der Waals surface area contributed by atoms with Gasteiger partial charge in [0.05, 0.1) is 11.0 Å². The smallest absolute Gasteiger partial charge is 0.111 e. The number of rotatable bonds is 3. The van der Waals surface area contributed by atoms with Crippen LogP contribution in [0.3, 0.4) is 0 Å². The minimum Gasteiger partial charge on any atom is -0.331 e. The topological polar surface area (TPSA) is 43.8 Å². The van der Waals surface area contributed by atoms with Gasteiger partial charge in [0, 0.05) is 27.6 Å². The summed E-state index contributed by atoms with van der Waals surface area (Å²) in [6, 6.07) is 14.3. The fourth-order valence-corrected chi connectivity index (χ4v) is 3.54. The van der Waals surface area contributed by atoms with Crippen molar-refractivity contribution in [2.24, 2.45) is 12.8 Å². The van der Waals surface area contributed by atoms with Crippen LogP contribution in [0, 0.1) is 3.57 Å². The number of hydrogen-bond acceptors (Lipinski definition) is 2. The molecule has 1 atom stereocenters.